The van der Waals surface area contributed by atoms with Crippen LogP contribution >= 0.6 is 0 Å². The first kappa shape index (κ1) is 13.5. The highest BCUT2D eigenvalue weighted by atomic mass is 16.3. The number of nitrogens with two attached hydrogens (primary N) is 1. The topological polar surface area (TPSA) is 69.7 Å². The molecular formula is C14H22N2O2. The maximum absolute atomic E-state index is 9.89. The zero-order chi connectivity index (χ0) is 13.1. The van der Waals surface area contributed by atoms with E-state index in [-0.39, 0.29) is 12.6 Å². The SMILES string of the molecule is CN1CC(CN)CC1c1ccccc1C(O)CO. The highest BCUT2D eigenvalue weighted by molar-refractivity contribution is 5.32. The molecule has 0 bridgehead atoms. The molecular weight excluding hydrogens is 228 g/mol. The van der Waals surface area contributed by atoms with Gasteiger partial charge in [0.2, 0.25) is 0 Å². The number of likely N-dealkylation sites (tertiary alicyclic amines) is 1. The van der Waals surface area contributed by atoms with Gasteiger partial charge in [0.05, 0.1) is 6.61 Å². The average Bonchev–Trinajstić information content (AvgIpc) is 2.79. The lowest BCUT2D eigenvalue weighted by Crippen LogP contribution is -2.21. The first-order valence-corrected chi connectivity index (χ1v) is 6.45. The van der Waals surface area contributed by atoms with Crippen molar-refractivity contribution in [2.75, 3.05) is 26.7 Å². The number of hydrogen-bond acceptors (Lipinski definition) is 4. The second kappa shape index (κ2) is 5.80. The Morgan fingerprint density at radius 3 is 2.78 bits per heavy atom. The van der Waals surface area contributed by atoms with Crippen LogP contribution in [0.25, 0.3) is 0 Å². The maximum atomic E-state index is 9.89. The van der Waals surface area contributed by atoms with Gasteiger partial charge in [-0.05, 0) is 37.1 Å². The molecule has 3 unspecified atom stereocenters. The molecule has 0 saturated carbocycles. The molecule has 0 spiro atoms. The monoisotopic (exact) mass is 250 g/mol. The van der Waals surface area contributed by atoms with Gasteiger partial charge in [-0.1, -0.05) is 24.3 Å². The molecule has 0 radical (unpaired) electrons. The molecule has 0 aliphatic carbocycles. The van der Waals surface area contributed by atoms with Crippen molar-refractivity contribution in [3.05, 3.63) is 35.4 Å². The molecule has 2 rings (SSSR count). The van der Waals surface area contributed by atoms with Gasteiger partial charge in [-0.3, -0.25) is 4.90 Å². The Labute approximate surface area is 108 Å². The third-order valence-corrected chi connectivity index (χ3v) is 3.86. The maximum Gasteiger partial charge on any atom is 0.102 e. The van der Waals surface area contributed by atoms with Crippen LogP contribution in [0, 0.1) is 5.92 Å². The van der Waals surface area contributed by atoms with E-state index in [1.807, 2.05) is 24.3 Å². The molecule has 4 N–H and O–H groups in total. The Bertz CT molecular complexity index is 397. The quantitative estimate of drug-likeness (QED) is 0.734. The van der Waals surface area contributed by atoms with Gasteiger partial charge in [0, 0.05) is 12.6 Å². The number of nitrogens with zero attached hydrogens (tertiary/aromatic N) is 1. The Morgan fingerprint density at radius 2 is 2.17 bits per heavy atom. The molecule has 1 aromatic rings. The highest BCUT2D eigenvalue weighted by Gasteiger charge is 2.31. The summed E-state index contributed by atoms with van der Waals surface area (Å²) < 4.78 is 0. The predicted molar refractivity (Wildman–Crippen MR) is 71.0 cm³/mol. The fourth-order valence-corrected chi connectivity index (χ4v) is 2.86. The number of rotatable bonds is 4. The Kier molecular flexibility index (Phi) is 4.35. The van der Waals surface area contributed by atoms with Crippen molar-refractivity contribution in [3.8, 4) is 0 Å². The second-order valence-electron chi connectivity index (χ2n) is 5.12. The number of benzene rings is 1. The fraction of sp³-hybridized carbons (Fsp3) is 0.571. The summed E-state index contributed by atoms with van der Waals surface area (Å²) in [5, 5.41) is 19.0. The molecule has 1 aromatic carbocycles. The van der Waals surface area contributed by atoms with Crippen LogP contribution in [0.5, 0.6) is 0 Å². The van der Waals surface area contributed by atoms with Gasteiger partial charge in [0.1, 0.15) is 6.10 Å². The smallest absolute Gasteiger partial charge is 0.102 e. The number of aliphatic hydroxyl groups is 2. The van der Waals surface area contributed by atoms with Crippen LogP contribution < -0.4 is 5.73 Å². The average molecular weight is 250 g/mol. The van der Waals surface area contributed by atoms with E-state index in [0.29, 0.717) is 12.5 Å². The molecule has 4 nitrogen and oxygen atoms in total. The van der Waals surface area contributed by atoms with Crippen LogP contribution in [0.15, 0.2) is 24.3 Å². The molecule has 4 heteroatoms. The van der Waals surface area contributed by atoms with Crippen molar-refractivity contribution in [1.82, 2.24) is 4.90 Å². The Morgan fingerprint density at radius 1 is 1.44 bits per heavy atom. The van der Waals surface area contributed by atoms with Gasteiger partial charge in [-0.25, -0.2) is 0 Å². The standard InChI is InChI=1S/C14H22N2O2/c1-16-8-10(7-15)6-13(16)11-4-2-3-5-12(11)14(18)9-17/h2-5,10,13-14,17-18H,6-9,15H2,1H3. The molecule has 100 valence electrons. The summed E-state index contributed by atoms with van der Waals surface area (Å²) in [6, 6.07) is 8.09. The van der Waals surface area contributed by atoms with Crippen LogP contribution in [0.4, 0.5) is 0 Å². The molecule has 1 heterocycles. The predicted octanol–water partition coefficient (Wildman–Crippen LogP) is 0.664. The van der Waals surface area contributed by atoms with Gasteiger partial charge in [-0.15, -0.1) is 0 Å². The van der Waals surface area contributed by atoms with Gasteiger partial charge < -0.3 is 15.9 Å². The van der Waals surface area contributed by atoms with Crippen LogP contribution in [-0.4, -0.2) is 41.9 Å². The lowest BCUT2D eigenvalue weighted by molar-refractivity contribution is 0.0938. The molecule has 3 atom stereocenters. The van der Waals surface area contributed by atoms with Crippen molar-refractivity contribution >= 4 is 0 Å². The molecule has 0 aromatic heterocycles. The van der Waals surface area contributed by atoms with E-state index >= 15 is 0 Å². The zero-order valence-electron chi connectivity index (χ0n) is 10.8. The van der Waals surface area contributed by atoms with E-state index in [1.54, 1.807) is 0 Å². The highest BCUT2D eigenvalue weighted by Crippen LogP contribution is 2.36. The number of aliphatic hydroxyl groups excluding tert-OH is 2. The van der Waals surface area contributed by atoms with Gasteiger partial charge in [-0.2, -0.15) is 0 Å². The van der Waals surface area contributed by atoms with E-state index < -0.39 is 6.10 Å². The Balaban J connectivity index is 2.28. The number of hydrogen-bond donors (Lipinski definition) is 3. The second-order valence-corrected chi connectivity index (χ2v) is 5.12. The summed E-state index contributed by atoms with van der Waals surface area (Å²) in [5.74, 6) is 0.513. The fourth-order valence-electron chi connectivity index (χ4n) is 2.86. The summed E-state index contributed by atoms with van der Waals surface area (Å²) in [5.41, 5.74) is 7.68. The minimum absolute atomic E-state index is 0.242. The largest absolute Gasteiger partial charge is 0.393 e. The summed E-state index contributed by atoms with van der Waals surface area (Å²) in [4.78, 5) is 2.28. The summed E-state index contributed by atoms with van der Waals surface area (Å²) in [7, 11) is 2.09. The minimum atomic E-state index is -0.800. The molecule has 0 amide bonds. The zero-order valence-corrected chi connectivity index (χ0v) is 10.8. The van der Waals surface area contributed by atoms with Gasteiger partial charge in [0.15, 0.2) is 0 Å². The third-order valence-electron chi connectivity index (χ3n) is 3.86. The van der Waals surface area contributed by atoms with Crippen molar-refractivity contribution in [3.63, 3.8) is 0 Å². The van der Waals surface area contributed by atoms with E-state index in [0.717, 1.165) is 24.1 Å². The van der Waals surface area contributed by atoms with Crippen molar-refractivity contribution < 1.29 is 10.2 Å². The molecule has 18 heavy (non-hydrogen) atoms. The van der Waals surface area contributed by atoms with Crippen LogP contribution in [0.3, 0.4) is 0 Å². The van der Waals surface area contributed by atoms with Crippen molar-refractivity contribution in [2.45, 2.75) is 18.6 Å². The summed E-state index contributed by atoms with van der Waals surface area (Å²) >= 11 is 0. The van der Waals surface area contributed by atoms with Gasteiger partial charge in [0.25, 0.3) is 0 Å². The summed E-state index contributed by atoms with van der Waals surface area (Å²) in [6.07, 6.45) is 0.217. The van der Waals surface area contributed by atoms with E-state index in [1.165, 1.54) is 0 Å². The molecule has 1 saturated heterocycles. The Hall–Kier alpha value is -0.940. The minimum Gasteiger partial charge on any atom is -0.393 e. The van der Waals surface area contributed by atoms with Crippen molar-refractivity contribution in [2.24, 2.45) is 11.7 Å². The van der Waals surface area contributed by atoms with Crippen LogP contribution in [0.2, 0.25) is 0 Å². The van der Waals surface area contributed by atoms with E-state index in [9.17, 15) is 5.11 Å². The van der Waals surface area contributed by atoms with E-state index in [2.05, 4.69) is 11.9 Å². The lowest BCUT2D eigenvalue weighted by Gasteiger charge is -2.24. The first-order chi connectivity index (χ1) is 8.67. The van der Waals surface area contributed by atoms with Crippen LogP contribution in [0.1, 0.15) is 29.7 Å². The van der Waals surface area contributed by atoms with Crippen molar-refractivity contribution in [1.29, 1.82) is 0 Å². The summed E-state index contributed by atoms with van der Waals surface area (Å²) in [6.45, 7) is 1.45. The third kappa shape index (κ3) is 2.57. The molecule has 1 fully saturated rings. The normalized spacial score (nSPS) is 26.4. The van der Waals surface area contributed by atoms with Gasteiger partial charge >= 0.3 is 0 Å². The van der Waals surface area contributed by atoms with E-state index in [4.69, 9.17) is 10.8 Å². The molecule has 1 aliphatic rings. The molecule has 1 aliphatic heterocycles. The lowest BCUT2D eigenvalue weighted by atomic mass is 9.93. The first-order valence-electron chi connectivity index (χ1n) is 6.45. The van der Waals surface area contributed by atoms with Crippen LogP contribution in [-0.2, 0) is 0 Å².